The average molecular weight is 298 g/mol. The summed E-state index contributed by atoms with van der Waals surface area (Å²) in [5.41, 5.74) is 1.58. The third kappa shape index (κ3) is 2.26. The van der Waals surface area contributed by atoms with Gasteiger partial charge in [-0.05, 0) is 30.7 Å². The zero-order valence-corrected chi connectivity index (χ0v) is 12.9. The Morgan fingerprint density at radius 2 is 2.14 bits per heavy atom. The van der Waals surface area contributed by atoms with Crippen LogP contribution in [-0.2, 0) is 7.05 Å². The number of nitrogens with zero attached hydrogens (tertiary/aromatic N) is 4. The summed E-state index contributed by atoms with van der Waals surface area (Å²) < 4.78 is 8.66. The van der Waals surface area contributed by atoms with Gasteiger partial charge >= 0.3 is 0 Å². The van der Waals surface area contributed by atoms with Gasteiger partial charge in [-0.2, -0.15) is 5.10 Å². The van der Waals surface area contributed by atoms with Gasteiger partial charge in [-0.3, -0.25) is 14.0 Å². The predicted molar refractivity (Wildman–Crippen MR) is 84.2 cm³/mol. The monoisotopic (exact) mass is 298 g/mol. The SMILES string of the molecule is CC[C@H](c1ccnn1C)n1cnc2ccc(OC)cc2c1=O. The molecule has 6 heteroatoms. The Morgan fingerprint density at radius 3 is 2.77 bits per heavy atom. The number of methoxy groups -OCH3 is 1. The molecule has 3 aromatic rings. The van der Waals surface area contributed by atoms with Crippen molar-refractivity contribution in [1.82, 2.24) is 19.3 Å². The summed E-state index contributed by atoms with van der Waals surface area (Å²) in [4.78, 5) is 17.2. The Hall–Kier alpha value is -2.63. The number of benzene rings is 1. The number of hydrogen-bond donors (Lipinski definition) is 0. The van der Waals surface area contributed by atoms with Crippen LogP contribution in [-0.4, -0.2) is 26.4 Å². The standard InChI is InChI=1S/C16H18N4O2/c1-4-14(15-7-8-18-19(15)2)20-10-17-13-6-5-11(22-3)9-12(13)16(20)21/h5-10,14H,4H2,1-3H3/t14-/m1/s1. The highest BCUT2D eigenvalue weighted by molar-refractivity contribution is 5.78. The van der Waals surface area contributed by atoms with E-state index in [2.05, 4.69) is 10.1 Å². The van der Waals surface area contributed by atoms with Gasteiger partial charge in [0.1, 0.15) is 5.75 Å². The maximum Gasteiger partial charge on any atom is 0.261 e. The van der Waals surface area contributed by atoms with E-state index in [1.54, 1.807) is 47.1 Å². The first-order valence-corrected chi connectivity index (χ1v) is 7.18. The molecule has 0 aliphatic rings. The summed E-state index contributed by atoms with van der Waals surface area (Å²) in [7, 11) is 3.46. The summed E-state index contributed by atoms with van der Waals surface area (Å²) in [6, 6.07) is 7.17. The van der Waals surface area contributed by atoms with Crippen LogP contribution in [0.3, 0.4) is 0 Å². The fourth-order valence-corrected chi connectivity index (χ4v) is 2.72. The van der Waals surface area contributed by atoms with Crippen molar-refractivity contribution in [1.29, 1.82) is 0 Å². The zero-order chi connectivity index (χ0) is 15.7. The van der Waals surface area contributed by atoms with E-state index in [9.17, 15) is 4.79 Å². The molecule has 0 aliphatic heterocycles. The van der Waals surface area contributed by atoms with Crippen molar-refractivity contribution in [3.63, 3.8) is 0 Å². The predicted octanol–water partition coefficient (Wildman–Crippen LogP) is 2.14. The Bertz CT molecular complexity index is 866. The molecule has 0 unspecified atom stereocenters. The first-order valence-electron chi connectivity index (χ1n) is 7.18. The highest BCUT2D eigenvalue weighted by Gasteiger charge is 2.18. The van der Waals surface area contributed by atoms with E-state index >= 15 is 0 Å². The minimum Gasteiger partial charge on any atom is -0.497 e. The fraction of sp³-hybridized carbons (Fsp3) is 0.312. The molecule has 0 saturated heterocycles. The number of rotatable bonds is 4. The Balaban J connectivity index is 2.20. The second-order valence-corrected chi connectivity index (χ2v) is 5.14. The first-order chi connectivity index (χ1) is 10.7. The molecule has 0 N–H and O–H groups in total. The Morgan fingerprint density at radius 1 is 1.32 bits per heavy atom. The quantitative estimate of drug-likeness (QED) is 0.740. The largest absolute Gasteiger partial charge is 0.497 e. The second kappa shape index (κ2) is 5.63. The van der Waals surface area contributed by atoms with Crippen molar-refractivity contribution in [3.8, 4) is 5.75 Å². The molecule has 0 radical (unpaired) electrons. The van der Waals surface area contributed by atoms with Gasteiger partial charge in [0.25, 0.3) is 5.56 Å². The lowest BCUT2D eigenvalue weighted by Crippen LogP contribution is -2.27. The molecular formula is C16H18N4O2. The van der Waals surface area contributed by atoms with Crippen molar-refractivity contribution in [2.75, 3.05) is 7.11 Å². The Labute approximate surface area is 128 Å². The molecule has 3 rings (SSSR count). The molecule has 1 aromatic carbocycles. The Kier molecular flexibility index (Phi) is 3.66. The summed E-state index contributed by atoms with van der Waals surface area (Å²) in [6.07, 6.45) is 4.12. The molecule has 1 atom stereocenters. The van der Waals surface area contributed by atoms with E-state index in [4.69, 9.17) is 4.74 Å². The maximum atomic E-state index is 12.8. The minimum absolute atomic E-state index is 0.0723. The molecule has 0 saturated carbocycles. The normalized spacial score (nSPS) is 12.5. The van der Waals surface area contributed by atoms with Crippen molar-refractivity contribution in [2.24, 2.45) is 7.05 Å². The van der Waals surface area contributed by atoms with Crippen LogP contribution in [0.1, 0.15) is 25.1 Å². The molecular weight excluding hydrogens is 280 g/mol. The van der Waals surface area contributed by atoms with Gasteiger partial charge in [-0.1, -0.05) is 6.92 Å². The van der Waals surface area contributed by atoms with Gasteiger partial charge in [-0.25, -0.2) is 4.98 Å². The summed E-state index contributed by atoms with van der Waals surface area (Å²) in [5.74, 6) is 0.651. The molecule has 0 bridgehead atoms. The van der Waals surface area contributed by atoms with Gasteiger partial charge in [0.05, 0.1) is 36.1 Å². The van der Waals surface area contributed by atoms with E-state index in [-0.39, 0.29) is 11.6 Å². The molecule has 114 valence electrons. The smallest absolute Gasteiger partial charge is 0.261 e. The fourth-order valence-electron chi connectivity index (χ4n) is 2.72. The molecule has 6 nitrogen and oxygen atoms in total. The first kappa shape index (κ1) is 14.3. The van der Waals surface area contributed by atoms with Crippen LogP contribution < -0.4 is 10.3 Å². The second-order valence-electron chi connectivity index (χ2n) is 5.14. The molecule has 2 aromatic heterocycles. The minimum atomic E-state index is -0.0944. The van der Waals surface area contributed by atoms with E-state index in [0.29, 0.717) is 16.7 Å². The molecule has 2 heterocycles. The van der Waals surface area contributed by atoms with Gasteiger partial charge in [0, 0.05) is 13.2 Å². The molecule has 22 heavy (non-hydrogen) atoms. The van der Waals surface area contributed by atoms with Gasteiger partial charge in [0.15, 0.2) is 0 Å². The van der Waals surface area contributed by atoms with E-state index in [1.807, 2.05) is 20.0 Å². The third-order valence-electron chi connectivity index (χ3n) is 3.91. The van der Waals surface area contributed by atoms with Crippen LogP contribution in [0.5, 0.6) is 5.75 Å². The molecule has 0 aliphatic carbocycles. The maximum absolute atomic E-state index is 12.8. The molecule has 0 fully saturated rings. The van der Waals surface area contributed by atoms with Gasteiger partial charge < -0.3 is 4.74 Å². The van der Waals surface area contributed by atoms with E-state index in [0.717, 1.165) is 12.1 Å². The van der Waals surface area contributed by atoms with Crippen molar-refractivity contribution < 1.29 is 4.74 Å². The third-order valence-corrected chi connectivity index (χ3v) is 3.91. The van der Waals surface area contributed by atoms with Crippen molar-refractivity contribution in [2.45, 2.75) is 19.4 Å². The highest BCUT2D eigenvalue weighted by atomic mass is 16.5. The number of fused-ring (bicyclic) bond motifs is 1. The van der Waals surface area contributed by atoms with Crippen LogP contribution in [0, 0.1) is 0 Å². The average Bonchev–Trinajstić information content (AvgIpc) is 2.96. The van der Waals surface area contributed by atoms with Crippen LogP contribution >= 0.6 is 0 Å². The molecule has 0 amide bonds. The highest BCUT2D eigenvalue weighted by Crippen LogP contribution is 2.21. The molecule has 0 spiro atoms. The topological polar surface area (TPSA) is 61.9 Å². The summed E-state index contributed by atoms with van der Waals surface area (Å²) in [6.45, 7) is 2.04. The van der Waals surface area contributed by atoms with Crippen molar-refractivity contribution in [3.05, 3.63) is 52.8 Å². The van der Waals surface area contributed by atoms with Crippen LogP contribution in [0.15, 0.2) is 41.6 Å². The lowest BCUT2D eigenvalue weighted by Gasteiger charge is -2.18. The summed E-state index contributed by atoms with van der Waals surface area (Å²) >= 11 is 0. The van der Waals surface area contributed by atoms with E-state index < -0.39 is 0 Å². The van der Waals surface area contributed by atoms with Gasteiger partial charge in [0.2, 0.25) is 0 Å². The van der Waals surface area contributed by atoms with Crippen LogP contribution in [0.2, 0.25) is 0 Å². The van der Waals surface area contributed by atoms with Crippen molar-refractivity contribution >= 4 is 10.9 Å². The lowest BCUT2D eigenvalue weighted by molar-refractivity contribution is 0.415. The number of hydrogen-bond acceptors (Lipinski definition) is 4. The number of ether oxygens (including phenoxy) is 1. The van der Waals surface area contributed by atoms with Crippen LogP contribution in [0.4, 0.5) is 0 Å². The van der Waals surface area contributed by atoms with Gasteiger partial charge in [-0.15, -0.1) is 0 Å². The van der Waals surface area contributed by atoms with E-state index in [1.165, 1.54) is 0 Å². The summed E-state index contributed by atoms with van der Waals surface area (Å²) in [5, 5.41) is 4.75. The zero-order valence-electron chi connectivity index (χ0n) is 12.9. The number of aromatic nitrogens is 4. The lowest BCUT2D eigenvalue weighted by atomic mass is 10.1. The van der Waals surface area contributed by atoms with Crippen LogP contribution in [0.25, 0.3) is 10.9 Å². The number of aryl methyl sites for hydroxylation is 1.